The number of hydrogen-bond donors (Lipinski definition) is 3. The number of aliphatic hydroxyl groups excluding tert-OH is 1. The highest BCUT2D eigenvalue weighted by Gasteiger charge is 2.56. The lowest BCUT2D eigenvalue weighted by atomic mass is 10.1. The molecule has 2 fully saturated rings. The molecule has 4 rings (SSSR count). The molecular weight excluding hydrogens is 450 g/mol. The van der Waals surface area contributed by atoms with Crippen molar-refractivity contribution in [2.75, 3.05) is 12.9 Å². The van der Waals surface area contributed by atoms with Gasteiger partial charge in [0.25, 0.3) is 11.8 Å². The summed E-state index contributed by atoms with van der Waals surface area (Å²) in [7, 11) is 0. The number of aliphatic imine (C=N–C) groups is 1. The summed E-state index contributed by atoms with van der Waals surface area (Å²) in [4.78, 5) is 29.2. The molecule has 0 radical (unpaired) electrons. The first-order valence-electron chi connectivity index (χ1n) is 10.2. The zero-order chi connectivity index (χ0) is 23.8. The molecular formula is C21H25N5O6S. The summed E-state index contributed by atoms with van der Waals surface area (Å²) in [6.45, 7) is 3.24. The van der Waals surface area contributed by atoms with Gasteiger partial charge in [0.05, 0.1) is 12.8 Å². The molecule has 33 heavy (non-hydrogen) atoms. The minimum absolute atomic E-state index is 0.0429. The molecule has 0 unspecified atom stereocenters. The normalized spacial score (nSPS) is 26.2. The zero-order valence-corrected chi connectivity index (χ0v) is 19.1. The number of fused-ring (bicyclic) bond motifs is 1. The van der Waals surface area contributed by atoms with E-state index >= 15 is 0 Å². The third-order valence-corrected chi connectivity index (χ3v) is 5.82. The molecule has 1 aromatic carbocycles. The first-order chi connectivity index (χ1) is 15.7. The molecule has 1 aromatic heterocycles. The van der Waals surface area contributed by atoms with Crippen LogP contribution in [-0.4, -0.2) is 68.8 Å². The van der Waals surface area contributed by atoms with Crippen LogP contribution in [0.1, 0.15) is 40.8 Å². The van der Waals surface area contributed by atoms with E-state index in [2.05, 4.69) is 15.4 Å². The van der Waals surface area contributed by atoms with Crippen LogP contribution in [0.3, 0.4) is 0 Å². The van der Waals surface area contributed by atoms with Crippen LogP contribution in [0.15, 0.2) is 41.5 Å². The molecule has 0 aliphatic carbocycles. The second-order valence-electron chi connectivity index (χ2n) is 7.94. The summed E-state index contributed by atoms with van der Waals surface area (Å²) in [5.74, 6) is -1.90. The standard InChI is InChI=1S/C21H25N5O6S/c1-21(2)31-14-13(10-27)30-19(15(14)32-21)26-17(12(9-23-26)16(22)28)24-20(33-3)25-18(29)11-7-5-4-6-8-11/h4-9,13-15,19,27H,10H2,1-3H3,(H2,22,28)(H,24,25,29)/t13-,14-,15-,19-/m1/s1. The number of nitrogens with two attached hydrogens (primary N) is 1. The number of thioether (sulfide) groups is 1. The quantitative estimate of drug-likeness (QED) is 0.431. The number of primary amides is 1. The van der Waals surface area contributed by atoms with Gasteiger partial charge in [-0.15, -0.1) is 0 Å². The summed E-state index contributed by atoms with van der Waals surface area (Å²) < 4.78 is 19.2. The van der Waals surface area contributed by atoms with Crippen LogP contribution in [0, 0.1) is 0 Å². The predicted molar refractivity (Wildman–Crippen MR) is 120 cm³/mol. The van der Waals surface area contributed by atoms with Gasteiger partial charge < -0.3 is 30.4 Å². The monoisotopic (exact) mass is 475 g/mol. The van der Waals surface area contributed by atoms with E-state index in [0.29, 0.717) is 5.56 Å². The Kier molecular flexibility index (Phi) is 6.54. The van der Waals surface area contributed by atoms with E-state index in [0.717, 1.165) is 0 Å². The van der Waals surface area contributed by atoms with Crippen molar-refractivity contribution in [2.24, 2.45) is 10.7 Å². The van der Waals surface area contributed by atoms with Gasteiger partial charge >= 0.3 is 0 Å². The number of benzene rings is 1. The summed E-state index contributed by atoms with van der Waals surface area (Å²) >= 11 is 1.18. The average Bonchev–Trinajstić information content (AvgIpc) is 3.44. The van der Waals surface area contributed by atoms with Crippen LogP contribution in [0.5, 0.6) is 0 Å². The van der Waals surface area contributed by atoms with Crippen LogP contribution in [-0.2, 0) is 14.2 Å². The van der Waals surface area contributed by atoms with Crippen molar-refractivity contribution in [3.8, 4) is 0 Å². The van der Waals surface area contributed by atoms with Crippen molar-refractivity contribution in [1.29, 1.82) is 0 Å². The van der Waals surface area contributed by atoms with Crippen LogP contribution in [0.25, 0.3) is 0 Å². The maximum Gasteiger partial charge on any atom is 0.257 e. The Morgan fingerprint density at radius 2 is 1.97 bits per heavy atom. The van der Waals surface area contributed by atoms with Crippen LogP contribution in [0.4, 0.5) is 5.82 Å². The number of hydrogen-bond acceptors (Lipinski definition) is 9. The zero-order valence-electron chi connectivity index (χ0n) is 18.3. The molecule has 2 aliphatic rings. The van der Waals surface area contributed by atoms with Gasteiger partial charge in [0.2, 0.25) is 0 Å². The lowest BCUT2D eigenvalue weighted by molar-refractivity contribution is -0.201. The maximum atomic E-state index is 12.6. The third kappa shape index (κ3) is 4.66. The number of carbonyl (C=O) groups excluding carboxylic acids is 2. The molecule has 2 saturated heterocycles. The molecule has 4 atom stereocenters. The molecule has 4 N–H and O–H groups in total. The number of carbonyl (C=O) groups is 2. The van der Waals surface area contributed by atoms with Gasteiger partial charge in [-0.2, -0.15) is 5.10 Å². The largest absolute Gasteiger partial charge is 0.394 e. The molecule has 11 nitrogen and oxygen atoms in total. The van der Waals surface area contributed by atoms with Gasteiger partial charge in [0, 0.05) is 5.56 Å². The van der Waals surface area contributed by atoms with Gasteiger partial charge in [-0.1, -0.05) is 30.0 Å². The van der Waals surface area contributed by atoms with Crippen LogP contribution < -0.4 is 11.1 Å². The Morgan fingerprint density at radius 3 is 2.61 bits per heavy atom. The fraction of sp³-hybridized carbons (Fsp3) is 0.429. The van der Waals surface area contributed by atoms with E-state index in [1.165, 1.54) is 22.6 Å². The Bertz CT molecular complexity index is 1070. The van der Waals surface area contributed by atoms with Gasteiger partial charge in [0.15, 0.2) is 23.0 Å². The van der Waals surface area contributed by atoms with Crippen molar-refractivity contribution < 1.29 is 28.9 Å². The van der Waals surface area contributed by atoms with Crippen LogP contribution in [0.2, 0.25) is 0 Å². The topological polar surface area (TPSA) is 150 Å². The number of amidine groups is 1. The first kappa shape index (κ1) is 23.4. The molecule has 2 aliphatic heterocycles. The van der Waals surface area contributed by atoms with Crippen molar-refractivity contribution in [1.82, 2.24) is 15.1 Å². The Labute approximate surface area is 194 Å². The van der Waals surface area contributed by atoms with Gasteiger partial charge in [-0.05, 0) is 32.2 Å². The molecule has 2 amide bonds. The number of nitrogens with one attached hydrogen (secondary N) is 1. The number of ether oxygens (including phenoxy) is 3. The highest BCUT2D eigenvalue weighted by Crippen LogP contribution is 2.44. The van der Waals surface area contributed by atoms with Crippen molar-refractivity contribution >= 4 is 34.6 Å². The number of nitrogens with zero attached hydrogens (tertiary/aromatic N) is 3. The highest BCUT2D eigenvalue weighted by molar-refractivity contribution is 8.13. The van der Waals surface area contributed by atoms with Crippen molar-refractivity contribution in [3.05, 3.63) is 47.7 Å². The summed E-state index contributed by atoms with van der Waals surface area (Å²) in [5, 5.41) is 17.0. The predicted octanol–water partition coefficient (Wildman–Crippen LogP) is 1.17. The Balaban J connectivity index is 1.69. The van der Waals surface area contributed by atoms with Gasteiger partial charge in [0.1, 0.15) is 23.9 Å². The molecule has 0 spiro atoms. The first-order valence-corrected chi connectivity index (χ1v) is 11.4. The second-order valence-corrected chi connectivity index (χ2v) is 8.74. The van der Waals surface area contributed by atoms with E-state index in [9.17, 15) is 14.7 Å². The second kappa shape index (κ2) is 9.23. The van der Waals surface area contributed by atoms with Crippen LogP contribution >= 0.6 is 11.8 Å². The van der Waals surface area contributed by atoms with E-state index in [1.54, 1.807) is 44.4 Å². The highest BCUT2D eigenvalue weighted by atomic mass is 32.2. The number of aromatic nitrogens is 2. The number of aliphatic hydroxyl groups is 1. The summed E-state index contributed by atoms with van der Waals surface area (Å²) in [6.07, 6.45) is 0.374. The lowest BCUT2D eigenvalue weighted by Gasteiger charge is -2.24. The van der Waals surface area contributed by atoms with Gasteiger partial charge in [-0.25, -0.2) is 9.67 Å². The fourth-order valence-corrected chi connectivity index (χ4v) is 4.18. The van der Waals surface area contributed by atoms with Crippen molar-refractivity contribution in [3.63, 3.8) is 0 Å². The molecule has 176 valence electrons. The van der Waals surface area contributed by atoms with E-state index < -0.39 is 36.2 Å². The van der Waals surface area contributed by atoms with E-state index in [4.69, 9.17) is 19.9 Å². The molecule has 0 saturated carbocycles. The lowest BCUT2D eigenvalue weighted by Crippen LogP contribution is -2.31. The molecule has 2 aromatic rings. The third-order valence-electron chi connectivity index (χ3n) is 5.24. The fourth-order valence-electron chi connectivity index (χ4n) is 3.81. The van der Waals surface area contributed by atoms with E-state index in [-0.39, 0.29) is 29.1 Å². The summed E-state index contributed by atoms with van der Waals surface area (Å²) in [6, 6.07) is 8.66. The average molecular weight is 476 g/mol. The Morgan fingerprint density at radius 1 is 1.27 bits per heavy atom. The number of rotatable bonds is 5. The molecule has 0 bridgehead atoms. The molecule has 3 heterocycles. The summed E-state index contributed by atoms with van der Waals surface area (Å²) in [5.41, 5.74) is 6.04. The SMILES string of the molecule is CS/C(=N/c1c(C(N)=O)cnn1[C@@H]1O[C@H](CO)[C@H]2OC(C)(C)O[C@H]21)NC(=O)c1ccccc1. The maximum absolute atomic E-state index is 12.6. The van der Waals surface area contributed by atoms with Gasteiger partial charge in [-0.3, -0.25) is 9.59 Å². The van der Waals surface area contributed by atoms with Crippen molar-refractivity contribution in [2.45, 2.75) is 44.2 Å². The Hall–Kier alpha value is -2.77. The number of amides is 2. The minimum Gasteiger partial charge on any atom is -0.394 e. The smallest absolute Gasteiger partial charge is 0.257 e. The molecule has 12 heteroatoms. The van der Waals surface area contributed by atoms with E-state index in [1.807, 2.05) is 6.07 Å². The minimum atomic E-state index is -0.887.